The molecule has 0 bridgehead atoms. The van der Waals surface area contributed by atoms with Crippen LogP contribution in [0.25, 0.3) is 10.8 Å². The Morgan fingerprint density at radius 1 is 0.895 bits per heavy atom. The molecule has 4 aromatic rings. The maximum Gasteiger partial charge on any atom is 0.255 e. The van der Waals surface area contributed by atoms with Crippen LogP contribution in [0.1, 0.15) is 34.8 Å². The molecule has 0 aliphatic carbocycles. The lowest BCUT2D eigenvalue weighted by Gasteiger charge is -2.37. The fourth-order valence-corrected chi connectivity index (χ4v) is 6.88. The first kappa shape index (κ1) is 26.1. The van der Waals surface area contributed by atoms with Crippen LogP contribution in [0.15, 0.2) is 95.9 Å². The number of nitrogens with one attached hydrogen (secondary N) is 2. The number of aryl methyl sites for hydroxylation is 1. The summed E-state index contributed by atoms with van der Waals surface area (Å²) in [5, 5.41) is 4.24. The van der Waals surface area contributed by atoms with Gasteiger partial charge in [-0.15, -0.1) is 0 Å². The Morgan fingerprint density at radius 2 is 1.58 bits per heavy atom. The zero-order valence-electron chi connectivity index (χ0n) is 21.7. The van der Waals surface area contributed by atoms with E-state index in [0.717, 1.165) is 31.6 Å². The third kappa shape index (κ3) is 5.65. The van der Waals surface area contributed by atoms with Gasteiger partial charge in [-0.2, -0.15) is 0 Å². The number of carbonyl (C=O) groups is 1. The van der Waals surface area contributed by atoms with Gasteiger partial charge >= 0.3 is 0 Å². The number of anilines is 1. The number of sulfonamides is 1. The van der Waals surface area contributed by atoms with E-state index in [9.17, 15) is 13.2 Å². The Bertz CT molecular complexity index is 1550. The summed E-state index contributed by atoms with van der Waals surface area (Å²) < 4.78 is 30.2. The second-order valence-corrected chi connectivity index (χ2v) is 11.8. The van der Waals surface area contributed by atoms with Crippen molar-refractivity contribution in [3.8, 4) is 0 Å². The number of rotatable bonds is 7. The highest BCUT2D eigenvalue weighted by molar-refractivity contribution is 7.89. The Balaban J connectivity index is 1.34. The highest BCUT2D eigenvalue weighted by Gasteiger charge is 2.31. The number of fused-ring (bicyclic) bond motifs is 1. The quantitative estimate of drug-likeness (QED) is 0.328. The van der Waals surface area contributed by atoms with Crippen LogP contribution >= 0.6 is 0 Å². The van der Waals surface area contributed by atoms with E-state index >= 15 is 0 Å². The smallest absolute Gasteiger partial charge is 0.255 e. The first-order chi connectivity index (χ1) is 18.3. The van der Waals surface area contributed by atoms with Gasteiger partial charge in [-0.25, -0.2) is 13.1 Å². The maximum absolute atomic E-state index is 13.6. The molecule has 2 N–H and O–H groups in total. The third-order valence-electron chi connectivity index (χ3n) is 7.36. The van der Waals surface area contributed by atoms with Gasteiger partial charge in [0, 0.05) is 47.7 Å². The van der Waals surface area contributed by atoms with Crippen LogP contribution < -0.4 is 10.0 Å². The molecule has 1 saturated heterocycles. The van der Waals surface area contributed by atoms with Crippen LogP contribution in [0.3, 0.4) is 0 Å². The summed E-state index contributed by atoms with van der Waals surface area (Å²) in [5.41, 5.74) is 3.30. The highest BCUT2D eigenvalue weighted by Crippen LogP contribution is 2.31. The number of carbonyl (C=O) groups excluding carboxylic acids is 1. The number of likely N-dealkylation sites (tertiary alicyclic amines) is 1. The van der Waals surface area contributed by atoms with Gasteiger partial charge in [0.2, 0.25) is 10.0 Å². The van der Waals surface area contributed by atoms with E-state index in [4.69, 9.17) is 0 Å². The minimum absolute atomic E-state index is 0.147. The van der Waals surface area contributed by atoms with E-state index < -0.39 is 10.0 Å². The molecule has 6 nitrogen and oxygen atoms in total. The molecule has 196 valence electrons. The standard InChI is InChI=1S/C31H33N3O3S/c1-22-10-6-7-13-25(22)31(35)32-29-16-17-30(27-15-9-8-14-26(27)29)38(36,37)33-28-18-19-34(20-23(28)2)21-24-11-4-3-5-12-24/h3-17,23,28,33H,18-21H2,1-2H3,(H,32,35)/t23-,28-/m0/s1. The zero-order valence-corrected chi connectivity index (χ0v) is 22.5. The van der Waals surface area contributed by atoms with Crippen LogP contribution in [-0.4, -0.2) is 38.4 Å². The van der Waals surface area contributed by atoms with E-state index in [0.29, 0.717) is 22.0 Å². The number of piperidine rings is 1. The van der Waals surface area contributed by atoms with Crippen LogP contribution in [-0.2, 0) is 16.6 Å². The molecule has 0 saturated carbocycles. The largest absolute Gasteiger partial charge is 0.321 e. The second-order valence-electron chi connectivity index (χ2n) is 10.1. The molecule has 0 unspecified atom stereocenters. The van der Waals surface area contributed by atoms with Crippen molar-refractivity contribution in [3.05, 3.63) is 108 Å². The molecule has 0 aromatic heterocycles. The van der Waals surface area contributed by atoms with Gasteiger partial charge in [-0.3, -0.25) is 9.69 Å². The van der Waals surface area contributed by atoms with E-state index in [1.165, 1.54) is 5.56 Å². The van der Waals surface area contributed by atoms with E-state index in [2.05, 4.69) is 34.0 Å². The maximum atomic E-state index is 13.6. The average molecular weight is 528 g/mol. The molecule has 5 rings (SSSR count). The fraction of sp³-hybridized carbons (Fsp3) is 0.258. The van der Waals surface area contributed by atoms with Gasteiger partial charge in [-0.1, -0.05) is 79.7 Å². The first-order valence-electron chi connectivity index (χ1n) is 13.0. The summed E-state index contributed by atoms with van der Waals surface area (Å²) in [5.74, 6) is -0.0563. The van der Waals surface area contributed by atoms with E-state index in [1.807, 2.05) is 61.5 Å². The minimum atomic E-state index is -3.78. The van der Waals surface area contributed by atoms with Crippen molar-refractivity contribution >= 4 is 32.4 Å². The third-order valence-corrected chi connectivity index (χ3v) is 8.90. The summed E-state index contributed by atoms with van der Waals surface area (Å²) in [6.45, 7) is 6.52. The summed E-state index contributed by atoms with van der Waals surface area (Å²) in [4.78, 5) is 15.6. The van der Waals surface area contributed by atoms with Gasteiger partial charge in [0.15, 0.2) is 0 Å². The number of hydrogen-bond acceptors (Lipinski definition) is 4. The van der Waals surface area contributed by atoms with Crippen molar-refractivity contribution in [1.82, 2.24) is 9.62 Å². The molecule has 1 aliphatic heterocycles. The summed E-state index contributed by atoms with van der Waals surface area (Å²) in [6, 6.07) is 28.2. The van der Waals surface area contributed by atoms with Crippen LogP contribution in [0.4, 0.5) is 5.69 Å². The Kier molecular flexibility index (Phi) is 7.61. The van der Waals surface area contributed by atoms with Crippen LogP contribution in [0.2, 0.25) is 0 Å². The Labute approximate surface area is 224 Å². The van der Waals surface area contributed by atoms with Gasteiger partial charge in [0.1, 0.15) is 0 Å². The van der Waals surface area contributed by atoms with Crippen molar-refractivity contribution in [3.63, 3.8) is 0 Å². The lowest BCUT2D eigenvalue weighted by molar-refractivity contribution is 0.102. The minimum Gasteiger partial charge on any atom is -0.321 e. The van der Waals surface area contributed by atoms with Gasteiger partial charge in [0.25, 0.3) is 5.91 Å². The molecule has 0 spiro atoms. The van der Waals surface area contributed by atoms with Crippen molar-refractivity contribution in [2.75, 3.05) is 18.4 Å². The summed E-state index contributed by atoms with van der Waals surface area (Å²) in [6.07, 6.45) is 0.746. The van der Waals surface area contributed by atoms with E-state index in [1.54, 1.807) is 24.3 Å². The molecule has 7 heteroatoms. The van der Waals surface area contributed by atoms with Crippen LogP contribution in [0.5, 0.6) is 0 Å². The van der Waals surface area contributed by atoms with Crippen molar-refractivity contribution < 1.29 is 13.2 Å². The second kappa shape index (κ2) is 11.1. The lowest BCUT2D eigenvalue weighted by Crippen LogP contribution is -2.49. The molecular weight excluding hydrogens is 494 g/mol. The number of hydrogen-bond donors (Lipinski definition) is 2. The molecular formula is C31H33N3O3S. The highest BCUT2D eigenvalue weighted by atomic mass is 32.2. The topological polar surface area (TPSA) is 78.5 Å². The van der Waals surface area contributed by atoms with Crippen molar-refractivity contribution in [2.24, 2.45) is 5.92 Å². The Morgan fingerprint density at radius 3 is 2.32 bits per heavy atom. The molecule has 1 heterocycles. The lowest BCUT2D eigenvalue weighted by atomic mass is 9.94. The van der Waals surface area contributed by atoms with Gasteiger partial charge in [-0.05, 0) is 48.6 Å². The molecule has 0 radical (unpaired) electrons. The predicted octanol–water partition coefficient (Wildman–Crippen LogP) is 5.59. The molecule has 4 aromatic carbocycles. The Hall–Kier alpha value is -3.52. The number of amides is 1. The molecule has 1 fully saturated rings. The monoisotopic (exact) mass is 527 g/mol. The SMILES string of the molecule is Cc1ccccc1C(=O)Nc1ccc(S(=O)(=O)N[C@H]2CCN(Cc3ccccc3)C[C@@H]2C)c2ccccc12. The fourth-order valence-electron chi connectivity index (χ4n) is 5.29. The van der Waals surface area contributed by atoms with Gasteiger partial charge in [0.05, 0.1) is 4.90 Å². The number of benzene rings is 4. The first-order valence-corrected chi connectivity index (χ1v) is 14.5. The summed E-state index contributed by atoms with van der Waals surface area (Å²) >= 11 is 0. The molecule has 38 heavy (non-hydrogen) atoms. The van der Waals surface area contributed by atoms with Crippen LogP contribution in [0, 0.1) is 12.8 Å². The molecule has 1 aliphatic rings. The molecule has 1 amide bonds. The van der Waals surface area contributed by atoms with Gasteiger partial charge < -0.3 is 5.32 Å². The molecule has 2 atom stereocenters. The van der Waals surface area contributed by atoms with Crippen molar-refractivity contribution in [2.45, 2.75) is 37.8 Å². The predicted molar refractivity (Wildman–Crippen MR) is 153 cm³/mol. The normalized spacial score (nSPS) is 18.4. The zero-order chi connectivity index (χ0) is 26.7. The average Bonchev–Trinajstić information content (AvgIpc) is 2.91. The van der Waals surface area contributed by atoms with Crippen molar-refractivity contribution in [1.29, 1.82) is 0 Å². The number of nitrogens with zero attached hydrogens (tertiary/aromatic N) is 1. The van der Waals surface area contributed by atoms with E-state index in [-0.39, 0.29) is 22.8 Å². The summed E-state index contributed by atoms with van der Waals surface area (Å²) in [7, 11) is -3.78.